The van der Waals surface area contributed by atoms with Gasteiger partial charge >= 0.3 is 0 Å². The van der Waals surface area contributed by atoms with Gasteiger partial charge in [-0.25, -0.2) is 0 Å². The van der Waals surface area contributed by atoms with E-state index in [1.165, 1.54) is 22.3 Å². The first-order valence-electron chi connectivity index (χ1n) is 8.73. The molecule has 0 aliphatic carbocycles. The highest BCUT2D eigenvalue weighted by atomic mass is 16.3. The molecule has 0 fully saturated rings. The van der Waals surface area contributed by atoms with Gasteiger partial charge in [0.25, 0.3) is 0 Å². The van der Waals surface area contributed by atoms with E-state index < -0.39 is 6.10 Å². The Morgan fingerprint density at radius 2 is 1.60 bits per heavy atom. The van der Waals surface area contributed by atoms with E-state index in [0.29, 0.717) is 6.42 Å². The Hall–Kier alpha value is -2.64. The van der Waals surface area contributed by atoms with Gasteiger partial charge in [-0.3, -0.25) is 0 Å². The van der Waals surface area contributed by atoms with Gasteiger partial charge < -0.3 is 5.11 Å². The Balaban J connectivity index is 1.99. The summed E-state index contributed by atoms with van der Waals surface area (Å²) in [7, 11) is 0. The molecule has 1 unspecified atom stereocenters. The standard InChI is InChI=1S/C24H24O/c1-3-9-20-14-15-21(24(25)16-19-11-5-4-6-12-19)17-23(20)22-13-8-7-10-18(22)2/h3-15,17,24-25H,16H2,1-2H3/b9-3-. The van der Waals surface area contributed by atoms with Gasteiger partial charge in [0, 0.05) is 6.42 Å². The summed E-state index contributed by atoms with van der Waals surface area (Å²) in [6, 6.07) is 24.8. The molecule has 0 saturated heterocycles. The average molecular weight is 328 g/mol. The lowest BCUT2D eigenvalue weighted by Crippen LogP contribution is -2.02. The van der Waals surface area contributed by atoms with E-state index in [-0.39, 0.29) is 0 Å². The molecule has 0 amide bonds. The van der Waals surface area contributed by atoms with Crippen LogP contribution in [0.2, 0.25) is 0 Å². The Kier molecular flexibility index (Phi) is 5.47. The number of aliphatic hydroxyl groups is 1. The second-order valence-corrected chi connectivity index (χ2v) is 6.37. The Morgan fingerprint density at radius 3 is 2.32 bits per heavy atom. The van der Waals surface area contributed by atoms with Gasteiger partial charge in [0.1, 0.15) is 0 Å². The molecule has 1 heteroatoms. The normalized spacial score (nSPS) is 12.4. The fourth-order valence-corrected chi connectivity index (χ4v) is 3.17. The molecule has 3 rings (SSSR count). The van der Waals surface area contributed by atoms with Gasteiger partial charge in [-0.05, 0) is 53.3 Å². The van der Waals surface area contributed by atoms with Gasteiger partial charge in [0.15, 0.2) is 0 Å². The number of benzene rings is 3. The highest BCUT2D eigenvalue weighted by Crippen LogP contribution is 2.31. The number of rotatable bonds is 5. The minimum atomic E-state index is -0.509. The van der Waals surface area contributed by atoms with E-state index >= 15 is 0 Å². The summed E-state index contributed by atoms with van der Waals surface area (Å²) in [6.07, 6.45) is 4.29. The number of aryl methyl sites for hydroxylation is 1. The van der Waals surface area contributed by atoms with E-state index in [9.17, 15) is 5.11 Å². The minimum Gasteiger partial charge on any atom is -0.388 e. The molecule has 1 N–H and O–H groups in total. The molecule has 3 aromatic rings. The molecule has 126 valence electrons. The minimum absolute atomic E-state index is 0.509. The molecule has 3 aromatic carbocycles. The van der Waals surface area contributed by atoms with Crippen molar-refractivity contribution in [3.63, 3.8) is 0 Å². The molecule has 0 heterocycles. The lowest BCUT2D eigenvalue weighted by atomic mass is 9.91. The van der Waals surface area contributed by atoms with Gasteiger partial charge in [-0.15, -0.1) is 0 Å². The van der Waals surface area contributed by atoms with Gasteiger partial charge in [0.2, 0.25) is 0 Å². The number of allylic oxidation sites excluding steroid dienone is 1. The van der Waals surface area contributed by atoms with Crippen molar-refractivity contribution >= 4 is 6.08 Å². The van der Waals surface area contributed by atoms with Crippen LogP contribution in [0.25, 0.3) is 17.2 Å². The van der Waals surface area contributed by atoms with E-state index in [1.54, 1.807) is 0 Å². The van der Waals surface area contributed by atoms with E-state index in [4.69, 9.17) is 0 Å². The fraction of sp³-hybridized carbons (Fsp3) is 0.167. The summed E-state index contributed by atoms with van der Waals surface area (Å²) in [4.78, 5) is 0. The van der Waals surface area contributed by atoms with Crippen LogP contribution in [0.4, 0.5) is 0 Å². The molecule has 0 saturated carbocycles. The summed E-state index contributed by atoms with van der Waals surface area (Å²) in [5, 5.41) is 10.7. The molecule has 0 spiro atoms. The van der Waals surface area contributed by atoms with E-state index in [2.05, 4.69) is 67.6 Å². The predicted molar refractivity (Wildman–Crippen MR) is 106 cm³/mol. The zero-order valence-corrected chi connectivity index (χ0v) is 14.8. The Bertz CT molecular complexity index is 862. The first-order chi connectivity index (χ1) is 12.2. The maximum absolute atomic E-state index is 10.7. The van der Waals surface area contributed by atoms with Crippen molar-refractivity contribution < 1.29 is 5.11 Å². The number of hydrogen-bond acceptors (Lipinski definition) is 1. The first kappa shape index (κ1) is 17.2. The quantitative estimate of drug-likeness (QED) is 0.611. The van der Waals surface area contributed by atoms with Crippen LogP contribution < -0.4 is 0 Å². The molecule has 25 heavy (non-hydrogen) atoms. The molecular weight excluding hydrogens is 304 g/mol. The van der Waals surface area contributed by atoms with Crippen LogP contribution in [-0.2, 0) is 6.42 Å². The third kappa shape index (κ3) is 4.07. The van der Waals surface area contributed by atoms with Crippen molar-refractivity contribution in [1.82, 2.24) is 0 Å². The van der Waals surface area contributed by atoms with Crippen molar-refractivity contribution in [2.45, 2.75) is 26.4 Å². The third-order valence-corrected chi connectivity index (χ3v) is 4.52. The topological polar surface area (TPSA) is 20.2 Å². The summed E-state index contributed by atoms with van der Waals surface area (Å²) >= 11 is 0. The van der Waals surface area contributed by atoms with Crippen molar-refractivity contribution in [1.29, 1.82) is 0 Å². The van der Waals surface area contributed by atoms with Crippen molar-refractivity contribution in [3.05, 3.63) is 101 Å². The molecule has 1 atom stereocenters. The van der Waals surface area contributed by atoms with Crippen molar-refractivity contribution in [3.8, 4) is 11.1 Å². The van der Waals surface area contributed by atoms with Crippen LogP contribution in [0.1, 0.15) is 35.3 Å². The monoisotopic (exact) mass is 328 g/mol. The van der Waals surface area contributed by atoms with Crippen molar-refractivity contribution in [2.24, 2.45) is 0 Å². The van der Waals surface area contributed by atoms with Crippen molar-refractivity contribution in [2.75, 3.05) is 0 Å². The van der Waals surface area contributed by atoms with Crippen LogP contribution in [0.15, 0.2) is 78.9 Å². The summed E-state index contributed by atoms with van der Waals surface area (Å²) in [5.41, 5.74) is 6.89. The zero-order chi connectivity index (χ0) is 17.6. The lowest BCUT2D eigenvalue weighted by Gasteiger charge is -2.16. The van der Waals surface area contributed by atoms with Gasteiger partial charge in [-0.1, -0.05) is 78.9 Å². The molecule has 0 bridgehead atoms. The van der Waals surface area contributed by atoms with Crippen LogP contribution in [0.5, 0.6) is 0 Å². The molecular formula is C24H24O. The molecule has 0 radical (unpaired) electrons. The van der Waals surface area contributed by atoms with Crippen LogP contribution in [-0.4, -0.2) is 5.11 Å². The highest BCUT2D eigenvalue weighted by molar-refractivity contribution is 5.77. The molecule has 0 aromatic heterocycles. The van der Waals surface area contributed by atoms with Crippen LogP contribution in [0.3, 0.4) is 0 Å². The first-order valence-corrected chi connectivity index (χ1v) is 8.73. The molecule has 1 nitrogen and oxygen atoms in total. The van der Waals surface area contributed by atoms with E-state index in [1.807, 2.05) is 31.2 Å². The fourth-order valence-electron chi connectivity index (χ4n) is 3.17. The third-order valence-electron chi connectivity index (χ3n) is 4.52. The average Bonchev–Trinajstić information content (AvgIpc) is 2.64. The Labute approximate surface area is 150 Å². The second kappa shape index (κ2) is 7.96. The SMILES string of the molecule is C/C=C\c1ccc(C(O)Cc2ccccc2)cc1-c1ccccc1C. The Morgan fingerprint density at radius 1 is 0.880 bits per heavy atom. The number of aliphatic hydroxyl groups excluding tert-OH is 1. The molecule has 0 aliphatic rings. The summed E-state index contributed by atoms with van der Waals surface area (Å²) < 4.78 is 0. The largest absolute Gasteiger partial charge is 0.388 e. The highest BCUT2D eigenvalue weighted by Gasteiger charge is 2.13. The van der Waals surface area contributed by atoms with Crippen LogP contribution >= 0.6 is 0 Å². The smallest absolute Gasteiger partial charge is 0.0830 e. The maximum atomic E-state index is 10.7. The number of hydrogen-bond donors (Lipinski definition) is 1. The lowest BCUT2D eigenvalue weighted by molar-refractivity contribution is 0.178. The summed E-state index contributed by atoms with van der Waals surface area (Å²) in [5.74, 6) is 0. The van der Waals surface area contributed by atoms with Gasteiger partial charge in [0.05, 0.1) is 6.10 Å². The molecule has 0 aliphatic heterocycles. The zero-order valence-electron chi connectivity index (χ0n) is 14.8. The van der Waals surface area contributed by atoms with E-state index in [0.717, 1.165) is 11.1 Å². The predicted octanol–water partition coefficient (Wildman–Crippen LogP) is 5.97. The van der Waals surface area contributed by atoms with Gasteiger partial charge in [-0.2, -0.15) is 0 Å². The summed E-state index contributed by atoms with van der Waals surface area (Å²) in [6.45, 7) is 4.15. The second-order valence-electron chi connectivity index (χ2n) is 6.37. The maximum Gasteiger partial charge on any atom is 0.0830 e. The van der Waals surface area contributed by atoms with Crippen LogP contribution in [0, 0.1) is 6.92 Å².